The Morgan fingerprint density at radius 2 is 1.52 bits per heavy atom. The van der Waals surface area contributed by atoms with Gasteiger partial charge in [-0.25, -0.2) is 4.67 Å². The summed E-state index contributed by atoms with van der Waals surface area (Å²) in [4.78, 5) is 19.8. The molecule has 0 unspecified atom stereocenters. The summed E-state index contributed by atoms with van der Waals surface area (Å²) in [7, 11) is -3.55. The lowest BCUT2D eigenvalue weighted by molar-refractivity contribution is -0.151. The number of nitrogens with one attached hydrogen (secondary N) is 3. The van der Waals surface area contributed by atoms with Crippen LogP contribution >= 0.6 is 7.59 Å². The number of benzene rings is 1. The second kappa shape index (κ2) is 12.6. The lowest BCUT2D eigenvalue weighted by atomic mass is 9.95. The van der Waals surface area contributed by atoms with E-state index in [0.717, 1.165) is 32.1 Å². The molecule has 0 bridgehead atoms. The minimum absolute atomic E-state index is 0.0239. The van der Waals surface area contributed by atoms with Gasteiger partial charge in [-0.15, -0.1) is 10.2 Å². The van der Waals surface area contributed by atoms with Crippen molar-refractivity contribution >= 4 is 36.6 Å². The first kappa shape index (κ1) is 31.7. The topological polar surface area (TPSA) is 145 Å². The van der Waals surface area contributed by atoms with Crippen LogP contribution in [-0.2, 0) is 4.57 Å². The van der Waals surface area contributed by atoms with Crippen molar-refractivity contribution in [1.29, 1.82) is 0 Å². The minimum Gasteiger partial charge on any atom is -0.369 e. The highest BCUT2D eigenvalue weighted by Gasteiger charge is 2.48. The summed E-state index contributed by atoms with van der Waals surface area (Å²) in [5.41, 5.74) is 6.69. The third-order valence-electron chi connectivity index (χ3n) is 6.97. The van der Waals surface area contributed by atoms with Crippen molar-refractivity contribution in [3.63, 3.8) is 0 Å². The summed E-state index contributed by atoms with van der Waals surface area (Å²) >= 11 is 0. The number of nitrogens with two attached hydrogens (primary N) is 1. The Labute approximate surface area is 237 Å². The van der Waals surface area contributed by atoms with Crippen LogP contribution in [0.3, 0.4) is 0 Å². The standard InChI is InChI=1S/C23H31F6N10O2P/c1-37(21-32-20(18(19(30)40)33-34-21)31-15-5-3-2-4-6-15)16-7-9-17(10-8-16)38-11-13-39(14-12-38)42(41,35-22(24,25)26)36-23(27,28)29/h7-10,15H,2-6,11-14H2,1H3,(H2,30,40)(H,31,32,34)(H2,35,36,41). The zero-order valence-corrected chi connectivity index (χ0v) is 23.4. The van der Waals surface area contributed by atoms with E-state index in [1.807, 2.05) is 0 Å². The summed E-state index contributed by atoms with van der Waals surface area (Å²) in [6.07, 6.45) is -5.46. The summed E-state index contributed by atoms with van der Waals surface area (Å²) in [5, 5.41) is 12.6. The number of primary amides is 1. The van der Waals surface area contributed by atoms with Crippen molar-refractivity contribution in [3.05, 3.63) is 30.0 Å². The molecule has 1 aliphatic carbocycles. The van der Waals surface area contributed by atoms with E-state index in [1.165, 1.54) is 0 Å². The molecule has 1 aromatic carbocycles. The van der Waals surface area contributed by atoms with Crippen LogP contribution in [0.2, 0.25) is 0 Å². The van der Waals surface area contributed by atoms with Crippen molar-refractivity contribution in [2.45, 2.75) is 50.7 Å². The molecular weight excluding hydrogens is 593 g/mol. The zero-order chi connectivity index (χ0) is 30.7. The van der Waals surface area contributed by atoms with Crippen LogP contribution in [0.5, 0.6) is 0 Å². The Morgan fingerprint density at radius 1 is 0.952 bits per heavy atom. The van der Waals surface area contributed by atoms with Crippen LogP contribution < -0.4 is 31.0 Å². The largest absolute Gasteiger partial charge is 0.465 e. The first-order valence-electron chi connectivity index (χ1n) is 13.1. The van der Waals surface area contributed by atoms with Gasteiger partial charge in [0.1, 0.15) is 0 Å². The number of alkyl halides is 6. The molecule has 1 saturated heterocycles. The van der Waals surface area contributed by atoms with Gasteiger partial charge < -0.3 is 20.9 Å². The normalized spacial score (nSPS) is 17.7. The lowest BCUT2D eigenvalue weighted by Crippen LogP contribution is -2.52. The molecule has 4 rings (SSSR count). The van der Waals surface area contributed by atoms with Crippen LogP contribution in [-0.4, -0.2) is 77.6 Å². The van der Waals surface area contributed by atoms with Crippen LogP contribution in [0.25, 0.3) is 0 Å². The van der Waals surface area contributed by atoms with E-state index in [-0.39, 0.29) is 49.7 Å². The van der Waals surface area contributed by atoms with E-state index in [9.17, 15) is 35.7 Å². The summed E-state index contributed by atoms with van der Waals surface area (Å²) in [6, 6.07) is 7.02. The van der Waals surface area contributed by atoms with Crippen molar-refractivity contribution in [1.82, 2.24) is 30.0 Å². The van der Waals surface area contributed by atoms with Gasteiger partial charge >= 0.3 is 12.6 Å². The maximum Gasteiger partial charge on any atom is 0.465 e. The Balaban J connectivity index is 1.43. The van der Waals surface area contributed by atoms with Crippen LogP contribution in [0, 0.1) is 0 Å². The number of piperazine rings is 1. The minimum atomic E-state index is -5.29. The Hall–Kier alpha value is -3.21. The van der Waals surface area contributed by atoms with Gasteiger partial charge in [0.05, 0.1) is 0 Å². The number of aromatic nitrogens is 3. The van der Waals surface area contributed by atoms with Gasteiger partial charge in [0, 0.05) is 50.6 Å². The first-order chi connectivity index (χ1) is 19.6. The van der Waals surface area contributed by atoms with Crippen molar-refractivity contribution in [2.24, 2.45) is 5.73 Å². The van der Waals surface area contributed by atoms with E-state index in [1.54, 1.807) is 41.1 Å². The Morgan fingerprint density at radius 3 is 2.05 bits per heavy atom. The van der Waals surface area contributed by atoms with Crippen molar-refractivity contribution in [3.8, 4) is 0 Å². The van der Waals surface area contributed by atoms with Crippen LogP contribution in [0.15, 0.2) is 24.3 Å². The summed E-state index contributed by atoms with van der Waals surface area (Å²) in [5.74, 6) is -0.311. The molecule has 232 valence electrons. The predicted molar refractivity (Wildman–Crippen MR) is 143 cm³/mol. The molecule has 0 spiro atoms. The average Bonchev–Trinajstić information content (AvgIpc) is 2.91. The van der Waals surface area contributed by atoms with Gasteiger partial charge in [-0.1, -0.05) is 19.3 Å². The predicted octanol–water partition coefficient (Wildman–Crippen LogP) is 3.93. The van der Waals surface area contributed by atoms with Crippen molar-refractivity contribution in [2.75, 3.05) is 48.3 Å². The molecule has 2 aliphatic rings. The maximum absolute atomic E-state index is 12.9. The van der Waals surface area contributed by atoms with Gasteiger partial charge in [-0.05, 0) is 37.1 Å². The van der Waals surface area contributed by atoms with E-state index in [4.69, 9.17) is 5.73 Å². The highest BCUT2D eigenvalue weighted by molar-refractivity contribution is 7.57. The summed E-state index contributed by atoms with van der Waals surface area (Å²) in [6.45, 7) is -0.604. The third-order valence-corrected chi connectivity index (χ3v) is 9.28. The van der Waals surface area contributed by atoms with E-state index in [0.29, 0.717) is 26.2 Å². The van der Waals surface area contributed by atoms with Crippen LogP contribution in [0.1, 0.15) is 42.6 Å². The average molecular weight is 625 g/mol. The lowest BCUT2D eigenvalue weighted by Gasteiger charge is -2.40. The molecular formula is C23H31F6N10O2P. The second-order valence-corrected chi connectivity index (χ2v) is 12.1. The molecule has 2 aromatic rings. The molecule has 19 heteroatoms. The fraction of sp³-hybridized carbons (Fsp3) is 0.565. The number of carbonyl (C=O) groups is 1. The van der Waals surface area contributed by atoms with Gasteiger partial charge in [0.25, 0.3) is 19.4 Å². The molecule has 12 nitrogen and oxygen atoms in total. The fourth-order valence-electron chi connectivity index (χ4n) is 4.92. The maximum atomic E-state index is 12.9. The molecule has 42 heavy (non-hydrogen) atoms. The number of hydrogen-bond donors (Lipinski definition) is 4. The highest BCUT2D eigenvalue weighted by atomic mass is 31.2. The number of rotatable bonds is 9. The molecule has 2 fully saturated rings. The Bertz CT molecular complexity index is 1260. The molecule has 5 N–H and O–H groups in total. The number of carbonyl (C=O) groups excluding carboxylic acids is 1. The highest BCUT2D eigenvalue weighted by Crippen LogP contribution is 2.47. The Kier molecular flexibility index (Phi) is 9.49. The summed E-state index contributed by atoms with van der Waals surface area (Å²) < 4.78 is 90.5. The van der Waals surface area contributed by atoms with Crippen LogP contribution in [0.4, 0.5) is 49.5 Å². The molecule has 1 saturated carbocycles. The number of nitrogens with zero attached hydrogens (tertiary/aromatic N) is 6. The number of hydrogen-bond acceptors (Lipinski definition) is 8. The van der Waals surface area contributed by atoms with Gasteiger partial charge in [-0.3, -0.25) is 9.36 Å². The monoisotopic (exact) mass is 624 g/mol. The number of halogens is 6. The molecule has 1 amide bonds. The van der Waals surface area contributed by atoms with Gasteiger partial charge in [-0.2, -0.15) is 41.5 Å². The molecule has 1 aromatic heterocycles. The number of anilines is 4. The van der Waals surface area contributed by atoms with Crippen molar-refractivity contribution < 1.29 is 35.7 Å². The molecule has 2 heterocycles. The number of amides is 1. The van der Waals surface area contributed by atoms with Gasteiger partial charge in [0.2, 0.25) is 0 Å². The van der Waals surface area contributed by atoms with E-state index in [2.05, 4.69) is 20.5 Å². The molecule has 0 radical (unpaired) electrons. The fourth-order valence-corrected chi connectivity index (χ4v) is 6.69. The molecule has 0 atom stereocenters. The molecule has 1 aliphatic heterocycles. The first-order valence-corrected chi connectivity index (χ1v) is 14.8. The van der Waals surface area contributed by atoms with Gasteiger partial charge in [0.15, 0.2) is 11.5 Å². The SMILES string of the molecule is CN(c1ccc(N2CCN(P(=O)(NC(F)(F)F)NC(F)(F)F)CC2)cc1)c1nnc(C(N)=O)c(NC2CCCCC2)n1. The second-order valence-electron chi connectivity index (χ2n) is 9.96. The smallest absolute Gasteiger partial charge is 0.369 e. The third kappa shape index (κ3) is 8.20. The van der Waals surface area contributed by atoms with E-state index >= 15 is 0 Å². The zero-order valence-electron chi connectivity index (χ0n) is 22.5. The van der Waals surface area contributed by atoms with E-state index < -0.39 is 26.1 Å². The quantitative estimate of drug-likeness (QED) is 0.183.